The van der Waals surface area contributed by atoms with E-state index in [0.29, 0.717) is 12.0 Å². The molecule has 0 aliphatic rings. The van der Waals surface area contributed by atoms with E-state index >= 15 is 0 Å². The van der Waals surface area contributed by atoms with Crippen LogP contribution in [0.25, 0.3) is 0 Å². The Morgan fingerprint density at radius 1 is 1.20 bits per heavy atom. The molecular weight excluding hydrogens is 268 g/mol. The molecule has 0 aliphatic heterocycles. The molecule has 116 valence electrons. The van der Waals surface area contributed by atoms with Crippen LogP contribution in [0.5, 0.6) is 0 Å². The third-order valence-electron chi connectivity index (χ3n) is 3.02. The van der Waals surface area contributed by atoms with Gasteiger partial charge in [0.2, 0.25) is 0 Å². The van der Waals surface area contributed by atoms with Gasteiger partial charge in [-0.3, -0.25) is 4.90 Å². The lowest BCUT2D eigenvalue weighted by molar-refractivity contribution is 0.136. The fraction of sp³-hybridized carbons (Fsp3) is 0.750. The summed E-state index contributed by atoms with van der Waals surface area (Å²) in [5.74, 6) is 0.689. The number of hydrogen-bond acceptors (Lipinski definition) is 4. The van der Waals surface area contributed by atoms with Crippen molar-refractivity contribution in [2.75, 3.05) is 26.8 Å². The number of thiophene rings is 1. The van der Waals surface area contributed by atoms with Gasteiger partial charge < -0.3 is 10.1 Å². The largest absolute Gasteiger partial charge is 0.383 e. The van der Waals surface area contributed by atoms with Crippen LogP contribution in [0.2, 0.25) is 0 Å². The maximum atomic E-state index is 5.21. The third-order valence-corrected chi connectivity index (χ3v) is 4.09. The lowest BCUT2D eigenvalue weighted by atomic mass is 10.2. The highest BCUT2D eigenvalue weighted by Gasteiger charge is 2.10. The van der Waals surface area contributed by atoms with Gasteiger partial charge in [-0.2, -0.15) is 0 Å². The minimum absolute atomic E-state index is 0.541. The van der Waals surface area contributed by atoms with Gasteiger partial charge in [-0.05, 0) is 18.1 Å². The smallest absolute Gasteiger partial charge is 0.0589 e. The molecule has 0 amide bonds. The molecule has 0 saturated heterocycles. The van der Waals surface area contributed by atoms with Crippen molar-refractivity contribution in [1.82, 2.24) is 10.2 Å². The van der Waals surface area contributed by atoms with Crippen molar-refractivity contribution >= 4 is 11.3 Å². The molecule has 1 heterocycles. The Hall–Kier alpha value is -0.420. The highest BCUT2D eigenvalue weighted by molar-refractivity contribution is 7.11. The zero-order chi connectivity index (χ0) is 15.0. The van der Waals surface area contributed by atoms with Crippen LogP contribution in [0.4, 0.5) is 0 Å². The molecule has 20 heavy (non-hydrogen) atoms. The standard InChI is InChI=1S/C16H30N2OS/c1-13(2)11-18(8-9-19-5)12-16-7-6-15(20-16)10-17-14(3)4/h6-7,13-14,17H,8-12H2,1-5H3. The molecule has 0 atom stereocenters. The molecule has 1 rings (SSSR count). The molecular formula is C16H30N2OS. The van der Waals surface area contributed by atoms with Crippen LogP contribution in [-0.4, -0.2) is 37.7 Å². The summed E-state index contributed by atoms with van der Waals surface area (Å²) >= 11 is 1.92. The Morgan fingerprint density at radius 3 is 2.50 bits per heavy atom. The quantitative estimate of drug-likeness (QED) is 0.717. The van der Waals surface area contributed by atoms with Crippen LogP contribution in [0.15, 0.2) is 12.1 Å². The van der Waals surface area contributed by atoms with Crippen molar-refractivity contribution in [3.8, 4) is 0 Å². The Kier molecular flexibility index (Phi) is 8.38. The molecule has 3 nitrogen and oxygen atoms in total. The Balaban J connectivity index is 2.50. The summed E-state index contributed by atoms with van der Waals surface area (Å²) < 4.78 is 5.21. The second-order valence-electron chi connectivity index (χ2n) is 6.03. The maximum Gasteiger partial charge on any atom is 0.0589 e. The normalized spacial score (nSPS) is 12.0. The summed E-state index contributed by atoms with van der Waals surface area (Å²) in [4.78, 5) is 5.35. The fourth-order valence-corrected chi connectivity index (χ4v) is 3.11. The van der Waals surface area contributed by atoms with E-state index < -0.39 is 0 Å². The van der Waals surface area contributed by atoms with E-state index in [2.05, 4.69) is 50.0 Å². The SMILES string of the molecule is COCCN(Cc1ccc(CNC(C)C)s1)CC(C)C. The van der Waals surface area contributed by atoms with Crippen molar-refractivity contribution in [3.05, 3.63) is 21.9 Å². The highest BCUT2D eigenvalue weighted by Crippen LogP contribution is 2.19. The first-order valence-electron chi connectivity index (χ1n) is 7.53. The average molecular weight is 298 g/mol. The van der Waals surface area contributed by atoms with Gasteiger partial charge >= 0.3 is 0 Å². The Morgan fingerprint density at radius 2 is 1.90 bits per heavy atom. The van der Waals surface area contributed by atoms with Crippen LogP contribution in [-0.2, 0) is 17.8 Å². The number of nitrogens with zero attached hydrogens (tertiary/aromatic N) is 1. The molecule has 1 N–H and O–H groups in total. The van der Waals surface area contributed by atoms with Gasteiger partial charge in [0.25, 0.3) is 0 Å². The molecule has 1 aromatic heterocycles. The number of ether oxygens (including phenoxy) is 1. The van der Waals surface area contributed by atoms with Crippen molar-refractivity contribution in [3.63, 3.8) is 0 Å². The van der Waals surface area contributed by atoms with E-state index in [4.69, 9.17) is 4.74 Å². The van der Waals surface area contributed by atoms with Crippen LogP contribution >= 0.6 is 11.3 Å². The summed E-state index contributed by atoms with van der Waals surface area (Å²) in [5, 5.41) is 3.47. The molecule has 0 aliphatic carbocycles. The van der Waals surface area contributed by atoms with Crippen LogP contribution < -0.4 is 5.32 Å². The first-order chi connectivity index (χ1) is 9.51. The first kappa shape index (κ1) is 17.6. The van der Waals surface area contributed by atoms with Crippen molar-refractivity contribution in [2.45, 2.75) is 46.8 Å². The second kappa shape index (κ2) is 9.50. The van der Waals surface area contributed by atoms with E-state index in [1.807, 2.05) is 11.3 Å². The zero-order valence-electron chi connectivity index (χ0n) is 13.6. The molecule has 0 bridgehead atoms. The summed E-state index contributed by atoms with van der Waals surface area (Å²) in [6, 6.07) is 5.06. The second-order valence-corrected chi connectivity index (χ2v) is 7.28. The minimum Gasteiger partial charge on any atom is -0.383 e. The van der Waals surface area contributed by atoms with Gasteiger partial charge in [-0.1, -0.05) is 27.7 Å². The van der Waals surface area contributed by atoms with E-state index in [0.717, 1.165) is 32.8 Å². The van der Waals surface area contributed by atoms with Crippen LogP contribution in [0, 0.1) is 5.92 Å². The number of rotatable bonds is 10. The molecule has 0 fully saturated rings. The predicted octanol–water partition coefficient (Wildman–Crippen LogP) is 3.35. The monoisotopic (exact) mass is 298 g/mol. The van der Waals surface area contributed by atoms with Gasteiger partial charge in [0.15, 0.2) is 0 Å². The van der Waals surface area contributed by atoms with E-state index in [9.17, 15) is 0 Å². The van der Waals surface area contributed by atoms with Gasteiger partial charge in [0.1, 0.15) is 0 Å². The van der Waals surface area contributed by atoms with Gasteiger partial charge in [0, 0.05) is 49.1 Å². The van der Waals surface area contributed by atoms with Crippen molar-refractivity contribution < 1.29 is 4.74 Å². The molecule has 0 saturated carbocycles. The van der Waals surface area contributed by atoms with E-state index in [1.165, 1.54) is 9.75 Å². The summed E-state index contributed by atoms with van der Waals surface area (Å²) in [7, 11) is 1.77. The fourth-order valence-electron chi connectivity index (χ4n) is 2.10. The number of hydrogen-bond donors (Lipinski definition) is 1. The molecule has 1 aromatic rings. The molecule has 0 aromatic carbocycles. The zero-order valence-corrected chi connectivity index (χ0v) is 14.4. The van der Waals surface area contributed by atoms with Gasteiger partial charge in [-0.15, -0.1) is 11.3 Å². The van der Waals surface area contributed by atoms with E-state index in [1.54, 1.807) is 7.11 Å². The first-order valence-corrected chi connectivity index (χ1v) is 8.35. The number of nitrogens with one attached hydrogen (secondary N) is 1. The third kappa shape index (κ3) is 7.39. The minimum atomic E-state index is 0.541. The van der Waals surface area contributed by atoms with Crippen LogP contribution in [0.1, 0.15) is 37.4 Å². The van der Waals surface area contributed by atoms with Crippen molar-refractivity contribution in [1.29, 1.82) is 0 Å². The highest BCUT2D eigenvalue weighted by atomic mass is 32.1. The van der Waals surface area contributed by atoms with Gasteiger partial charge in [-0.25, -0.2) is 0 Å². The Bertz CT molecular complexity index is 363. The number of methoxy groups -OCH3 is 1. The molecule has 0 radical (unpaired) electrons. The molecule has 4 heteroatoms. The predicted molar refractivity (Wildman–Crippen MR) is 88.3 cm³/mol. The maximum absolute atomic E-state index is 5.21. The van der Waals surface area contributed by atoms with Crippen LogP contribution in [0.3, 0.4) is 0 Å². The summed E-state index contributed by atoms with van der Waals surface area (Å²) in [6.45, 7) is 13.9. The molecule has 0 spiro atoms. The topological polar surface area (TPSA) is 24.5 Å². The average Bonchev–Trinajstić information content (AvgIpc) is 2.80. The van der Waals surface area contributed by atoms with Gasteiger partial charge in [0.05, 0.1) is 6.61 Å². The Labute approximate surface area is 128 Å². The summed E-state index contributed by atoms with van der Waals surface area (Å²) in [6.07, 6.45) is 0. The molecule has 0 unspecified atom stereocenters. The summed E-state index contributed by atoms with van der Waals surface area (Å²) in [5.41, 5.74) is 0. The van der Waals surface area contributed by atoms with E-state index in [-0.39, 0.29) is 0 Å². The lowest BCUT2D eigenvalue weighted by Crippen LogP contribution is -2.30. The van der Waals surface area contributed by atoms with Crippen molar-refractivity contribution in [2.24, 2.45) is 5.92 Å². The lowest BCUT2D eigenvalue weighted by Gasteiger charge is -2.23.